The Hall–Kier alpha value is -1.05. The summed E-state index contributed by atoms with van der Waals surface area (Å²) < 4.78 is 0. The van der Waals surface area contributed by atoms with Crippen molar-refractivity contribution < 1.29 is 0 Å². The Morgan fingerprint density at radius 2 is 2.43 bits per heavy atom. The summed E-state index contributed by atoms with van der Waals surface area (Å²) in [6.45, 7) is 5.73. The summed E-state index contributed by atoms with van der Waals surface area (Å²) in [7, 11) is 0. The van der Waals surface area contributed by atoms with Crippen LogP contribution in [0.2, 0.25) is 0 Å². The molecule has 1 unspecified atom stereocenters. The van der Waals surface area contributed by atoms with Crippen LogP contribution in [0, 0.1) is 0 Å². The lowest BCUT2D eigenvalue weighted by Crippen LogP contribution is -2.36. The summed E-state index contributed by atoms with van der Waals surface area (Å²) in [5.74, 6) is 0. The first-order chi connectivity index (χ1) is 6.83. The Morgan fingerprint density at radius 3 is 3.21 bits per heavy atom. The average Bonchev–Trinajstić information content (AvgIpc) is 2.27. The first-order valence-electron chi connectivity index (χ1n) is 5.52. The average molecular weight is 190 g/mol. The maximum atomic E-state index is 4.22. The molecule has 2 nitrogen and oxygen atoms in total. The molecule has 14 heavy (non-hydrogen) atoms. The molecule has 1 aromatic rings. The predicted octanol–water partition coefficient (Wildman–Crippen LogP) is 2.63. The van der Waals surface area contributed by atoms with Gasteiger partial charge in [0.2, 0.25) is 0 Å². The van der Waals surface area contributed by atoms with Crippen LogP contribution in [0.4, 0.5) is 5.69 Å². The van der Waals surface area contributed by atoms with Crippen molar-refractivity contribution in [2.45, 2.75) is 39.2 Å². The molecule has 1 aliphatic heterocycles. The molecule has 0 radical (unpaired) electrons. The third-order valence-corrected chi connectivity index (χ3v) is 3.17. The Bertz CT molecular complexity index is 309. The van der Waals surface area contributed by atoms with E-state index >= 15 is 0 Å². The molecule has 76 valence electrons. The molecular weight excluding hydrogens is 172 g/mol. The molecule has 0 bridgehead atoms. The standard InChI is InChI=1S/C12H18N2/c1-3-10(2)14-8-4-5-11-6-7-13-9-12(11)14/h6-7,9-10H,3-5,8H2,1-2H3. The van der Waals surface area contributed by atoms with Crippen molar-refractivity contribution in [1.29, 1.82) is 0 Å². The molecule has 1 atom stereocenters. The molecule has 0 aliphatic carbocycles. The maximum Gasteiger partial charge on any atom is 0.0587 e. The number of hydrogen-bond acceptors (Lipinski definition) is 2. The van der Waals surface area contributed by atoms with E-state index in [1.54, 1.807) is 0 Å². The molecule has 0 saturated heterocycles. The highest BCUT2D eigenvalue weighted by atomic mass is 15.2. The van der Waals surface area contributed by atoms with Gasteiger partial charge in [0.15, 0.2) is 0 Å². The molecule has 2 heteroatoms. The summed E-state index contributed by atoms with van der Waals surface area (Å²) in [6.07, 6.45) is 7.61. The molecule has 1 aromatic heterocycles. The molecule has 0 N–H and O–H groups in total. The Kier molecular flexibility index (Phi) is 2.71. The molecule has 1 aliphatic rings. The van der Waals surface area contributed by atoms with Gasteiger partial charge in [0.05, 0.1) is 11.9 Å². The van der Waals surface area contributed by atoms with E-state index in [1.807, 2.05) is 12.4 Å². The molecule has 0 fully saturated rings. The van der Waals surface area contributed by atoms with Gasteiger partial charge in [-0.25, -0.2) is 0 Å². The SMILES string of the molecule is CCC(C)N1CCCc2ccncc21. The Morgan fingerprint density at radius 1 is 1.57 bits per heavy atom. The van der Waals surface area contributed by atoms with Gasteiger partial charge in [0.1, 0.15) is 0 Å². The van der Waals surface area contributed by atoms with E-state index in [1.165, 1.54) is 37.1 Å². The monoisotopic (exact) mass is 190 g/mol. The van der Waals surface area contributed by atoms with Crippen LogP contribution in [0.25, 0.3) is 0 Å². The van der Waals surface area contributed by atoms with Gasteiger partial charge >= 0.3 is 0 Å². The van der Waals surface area contributed by atoms with Crippen molar-refractivity contribution in [3.63, 3.8) is 0 Å². The van der Waals surface area contributed by atoms with Crippen molar-refractivity contribution in [2.75, 3.05) is 11.4 Å². The predicted molar refractivity (Wildman–Crippen MR) is 59.7 cm³/mol. The van der Waals surface area contributed by atoms with Crippen LogP contribution in [-0.4, -0.2) is 17.6 Å². The number of rotatable bonds is 2. The molecule has 2 rings (SSSR count). The molecule has 2 heterocycles. The summed E-state index contributed by atoms with van der Waals surface area (Å²) in [4.78, 5) is 6.72. The summed E-state index contributed by atoms with van der Waals surface area (Å²) >= 11 is 0. The smallest absolute Gasteiger partial charge is 0.0587 e. The van der Waals surface area contributed by atoms with Crippen LogP contribution in [0.15, 0.2) is 18.5 Å². The number of aromatic nitrogens is 1. The first kappa shape index (κ1) is 9.50. The number of fused-ring (bicyclic) bond motifs is 1. The fraction of sp³-hybridized carbons (Fsp3) is 0.583. The molecule has 0 saturated carbocycles. The van der Waals surface area contributed by atoms with Crippen molar-refractivity contribution in [2.24, 2.45) is 0 Å². The topological polar surface area (TPSA) is 16.1 Å². The number of anilines is 1. The first-order valence-corrected chi connectivity index (χ1v) is 5.52. The molecule has 0 spiro atoms. The fourth-order valence-corrected chi connectivity index (χ4v) is 2.12. The van der Waals surface area contributed by atoms with Crippen LogP contribution in [0.5, 0.6) is 0 Å². The van der Waals surface area contributed by atoms with Gasteiger partial charge in [-0.15, -0.1) is 0 Å². The molecule has 0 aromatic carbocycles. The fourth-order valence-electron chi connectivity index (χ4n) is 2.12. The number of nitrogens with zero attached hydrogens (tertiary/aromatic N) is 2. The van der Waals surface area contributed by atoms with Crippen molar-refractivity contribution >= 4 is 5.69 Å². The largest absolute Gasteiger partial charge is 0.367 e. The number of pyridine rings is 1. The highest BCUT2D eigenvalue weighted by molar-refractivity contribution is 5.54. The second-order valence-corrected chi connectivity index (χ2v) is 4.06. The van der Waals surface area contributed by atoms with Crippen LogP contribution >= 0.6 is 0 Å². The minimum Gasteiger partial charge on any atom is -0.367 e. The molecular formula is C12H18N2. The lowest BCUT2D eigenvalue weighted by Gasteiger charge is -2.35. The van der Waals surface area contributed by atoms with Crippen LogP contribution in [0.1, 0.15) is 32.3 Å². The third kappa shape index (κ3) is 1.61. The lowest BCUT2D eigenvalue weighted by molar-refractivity contribution is 0.578. The Balaban J connectivity index is 2.30. The van der Waals surface area contributed by atoms with Gasteiger partial charge in [0, 0.05) is 18.8 Å². The van der Waals surface area contributed by atoms with Crippen LogP contribution in [0.3, 0.4) is 0 Å². The Labute approximate surface area is 86.0 Å². The normalized spacial score (nSPS) is 17.7. The minimum atomic E-state index is 0.637. The van der Waals surface area contributed by atoms with Crippen LogP contribution < -0.4 is 4.90 Å². The second kappa shape index (κ2) is 3.99. The van der Waals surface area contributed by atoms with Gasteiger partial charge in [-0.05, 0) is 37.8 Å². The van der Waals surface area contributed by atoms with E-state index in [4.69, 9.17) is 0 Å². The van der Waals surface area contributed by atoms with Gasteiger partial charge < -0.3 is 4.90 Å². The molecule has 0 amide bonds. The lowest BCUT2D eigenvalue weighted by atomic mass is 10.0. The van der Waals surface area contributed by atoms with Gasteiger partial charge in [-0.3, -0.25) is 4.98 Å². The van der Waals surface area contributed by atoms with Gasteiger partial charge in [0.25, 0.3) is 0 Å². The third-order valence-electron chi connectivity index (χ3n) is 3.17. The van der Waals surface area contributed by atoms with E-state index < -0.39 is 0 Å². The minimum absolute atomic E-state index is 0.637. The van der Waals surface area contributed by atoms with E-state index in [0.717, 1.165) is 0 Å². The highest BCUT2D eigenvalue weighted by Gasteiger charge is 2.19. The van der Waals surface area contributed by atoms with Crippen molar-refractivity contribution in [1.82, 2.24) is 4.98 Å². The number of aryl methyl sites for hydroxylation is 1. The zero-order chi connectivity index (χ0) is 9.97. The quantitative estimate of drug-likeness (QED) is 0.712. The van der Waals surface area contributed by atoms with E-state index in [9.17, 15) is 0 Å². The number of hydrogen-bond donors (Lipinski definition) is 0. The highest BCUT2D eigenvalue weighted by Crippen LogP contribution is 2.27. The maximum absolute atomic E-state index is 4.22. The van der Waals surface area contributed by atoms with Crippen molar-refractivity contribution in [3.05, 3.63) is 24.0 Å². The summed E-state index contributed by atoms with van der Waals surface area (Å²) in [5, 5.41) is 0. The van der Waals surface area contributed by atoms with E-state index in [-0.39, 0.29) is 0 Å². The van der Waals surface area contributed by atoms with Crippen molar-refractivity contribution in [3.8, 4) is 0 Å². The summed E-state index contributed by atoms with van der Waals surface area (Å²) in [5.41, 5.74) is 2.82. The zero-order valence-electron chi connectivity index (χ0n) is 9.03. The zero-order valence-corrected chi connectivity index (χ0v) is 9.03. The second-order valence-electron chi connectivity index (χ2n) is 4.06. The summed E-state index contributed by atoms with van der Waals surface area (Å²) in [6, 6.07) is 2.79. The van der Waals surface area contributed by atoms with Crippen LogP contribution in [-0.2, 0) is 6.42 Å². The van der Waals surface area contributed by atoms with Gasteiger partial charge in [-0.2, -0.15) is 0 Å². The van der Waals surface area contributed by atoms with E-state index in [0.29, 0.717) is 6.04 Å². The van der Waals surface area contributed by atoms with Gasteiger partial charge in [-0.1, -0.05) is 6.92 Å². The van der Waals surface area contributed by atoms with E-state index in [2.05, 4.69) is 29.8 Å².